The Labute approximate surface area is 88.6 Å². The first-order valence-corrected chi connectivity index (χ1v) is 5.78. The van der Waals surface area contributed by atoms with E-state index in [0.717, 1.165) is 0 Å². The van der Waals surface area contributed by atoms with Crippen molar-refractivity contribution in [3.63, 3.8) is 0 Å². The number of anilines is 1. The van der Waals surface area contributed by atoms with Crippen LogP contribution in [0.2, 0.25) is 0 Å². The van der Waals surface area contributed by atoms with Gasteiger partial charge in [-0.05, 0) is 26.0 Å². The lowest BCUT2D eigenvalue weighted by atomic mass is 10.3. The van der Waals surface area contributed by atoms with E-state index < -0.39 is 10.1 Å². The predicted molar refractivity (Wildman–Crippen MR) is 56.4 cm³/mol. The second-order valence-corrected chi connectivity index (χ2v) is 4.73. The van der Waals surface area contributed by atoms with Gasteiger partial charge in [-0.25, -0.2) is 0 Å². The van der Waals surface area contributed by atoms with Crippen LogP contribution in [0.1, 0.15) is 13.8 Å². The van der Waals surface area contributed by atoms with Crippen molar-refractivity contribution in [3.8, 4) is 5.75 Å². The van der Waals surface area contributed by atoms with Crippen LogP contribution in [0.3, 0.4) is 0 Å². The number of rotatable bonds is 3. The highest BCUT2D eigenvalue weighted by atomic mass is 32.2. The summed E-state index contributed by atoms with van der Waals surface area (Å²) in [6.45, 7) is 3.68. The van der Waals surface area contributed by atoms with Crippen molar-refractivity contribution in [1.29, 1.82) is 0 Å². The van der Waals surface area contributed by atoms with Gasteiger partial charge in [-0.15, -0.1) is 0 Å². The van der Waals surface area contributed by atoms with Crippen LogP contribution in [0, 0.1) is 0 Å². The molecule has 1 aromatic carbocycles. The van der Waals surface area contributed by atoms with Gasteiger partial charge in [0.15, 0.2) is 0 Å². The molecule has 0 amide bonds. The van der Waals surface area contributed by atoms with Crippen molar-refractivity contribution in [3.05, 3.63) is 18.2 Å². The molecular formula is C9H13NO4S. The van der Waals surface area contributed by atoms with Crippen LogP contribution in [0.15, 0.2) is 23.1 Å². The number of ether oxygens (including phenoxy) is 1. The van der Waals surface area contributed by atoms with Gasteiger partial charge in [-0.2, -0.15) is 8.42 Å². The molecule has 0 spiro atoms. The molecule has 0 radical (unpaired) electrons. The van der Waals surface area contributed by atoms with Crippen LogP contribution in [0.25, 0.3) is 0 Å². The largest absolute Gasteiger partial charge is 0.491 e. The topological polar surface area (TPSA) is 89.6 Å². The number of hydrogen-bond acceptors (Lipinski definition) is 4. The van der Waals surface area contributed by atoms with Gasteiger partial charge in [0.1, 0.15) is 10.6 Å². The normalized spacial score (nSPS) is 11.7. The fourth-order valence-electron chi connectivity index (χ4n) is 1.11. The van der Waals surface area contributed by atoms with Crippen molar-refractivity contribution in [2.24, 2.45) is 0 Å². The van der Waals surface area contributed by atoms with Gasteiger partial charge in [0.25, 0.3) is 10.1 Å². The van der Waals surface area contributed by atoms with E-state index in [2.05, 4.69) is 0 Å². The fourth-order valence-corrected chi connectivity index (χ4v) is 1.70. The summed E-state index contributed by atoms with van der Waals surface area (Å²) in [6.07, 6.45) is -0.0269. The van der Waals surface area contributed by atoms with E-state index >= 15 is 0 Å². The van der Waals surface area contributed by atoms with Crippen molar-refractivity contribution >= 4 is 15.8 Å². The lowest BCUT2D eigenvalue weighted by molar-refractivity contribution is 0.242. The van der Waals surface area contributed by atoms with Crippen LogP contribution >= 0.6 is 0 Å². The smallest absolute Gasteiger partial charge is 0.296 e. The van der Waals surface area contributed by atoms with Gasteiger partial charge >= 0.3 is 0 Å². The van der Waals surface area contributed by atoms with E-state index in [1.165, 1.54) is 18.2 Å². The summed E-state index contributed by atoms with van der Waals surface area (Å²) < 4.78 is 35.7. The monoisotopic (exact) mass is 231 g/mol. The second-order valence-electron chi connectivity index (χ2n) is 3.34. The maximum absolute atomic E-state index is 10.8. The molecule has 0 heterocycles. The molecule has 0 atom stereocenters. The molecule has 0 fully saturated rings. The summed E-state index contributed by atoms with van der Waals surface area (Å²) in [4.78, 5) is -0.307. The molecule has 0 unspecified atom stereocenters. The third-order valence-electron chi connectivity index (χ3n) is 1.63. The molecule has 15 heavy (non-hydrogen) atoms. The van der Waals surface area contributed by atoms with E-state index in [-0.39, 0.29) is 16.7 Å². The summed E-state index contributed by atoms with van der Waals surface area (Å²) in [5, 5.41) is 0. The van der Waals surface area contributed by atoms with E-state index in [4.69, 9.17) is 15.0 Å². The van der Waals surface area contributed by atoms with E-state index in [9.17, 15) is 8.42 Å². The fraction of sp³-hybridized carbons (Fsp3) is 0.333. The Morgan fingerprint density at radius 3 is 2.40 bits per heavy atom. The van der Waals surface area contributed by atoms with E-state index in [1.807, 2.05) is 13.8 Å². The molecule has 1 rings (SSSR count). The van der Waals surface area contributed by atoms with Crippen LogP contribution in [-0.2, 0) is 10.1 Å². The van der Waals surface area contributed by atoms with Gasteiger partial charge < -0.3 is 10.5 Å². The first kappa shape index (κ1) is 11.8. The summed E-state index contributed by atoms with van der Waals surface area (Å²) in [6, 6.07) is 4.02. The molecule has 3 N–H and O–H groups in total. The standard InChI is InChI=1S/C9H13NO4S/c1-6(2)14-7-3-4-9(8(10)5-7)15(11,12)13/h3-6H,10H2,1-2H3,(H,11,12,13). The van der Waals surface area contributed by atoms with Gasteiger partial charge in [0.05, 0.1) is 11.8 Å². The molecule has 0 aliphatic heterocycles. The molecule has 0 bridgehead atoms. The zero-order valence-corrected chi connectivity index (χ0v) is 9.28. The Morgan fingerprint density at radius 1 is 1.40 bits per heavy atom. The van der Waals surface area contributed by atoms with Crippen molar-refractivity contribution in [2.45, 2.75) is 24.8 Å². The lowest BCUT2D eigenvalue weighted by Crippen LogP contribution is -2.07. The summed E-state index contributed by atoms with van der Waals surface area (Å²) in [5.41, 5.74) is 5.43. The number of benzene rings is 1. The Bertz CT molecular complexity index is 453. The SMILES string of the molecule is CC(C)Oc1ccc(S(=O)(=O)O)c(N)c1. The number of hydrogen-bond donors (Lipinski definition) is 2. The molecule has 1 aromatic rings. The average Bonchev–Trinajstić information content (AvgIpc) is 1.99. The minimum absolute atomic E-state index is 0.0269. The Hall–Kier alpha value is -1.27. The second kappa shape index (κ2) is 4.08. The third-order valence-corrected chi connectivity index (χ3v) is 2.56. The Balaban J connectivity index is 3.09. The summed E-state index contributed by atoms with van der Waals surface area (Å²) >= 11 is 0. The van der Waals surface area contributed by atoms with Gasteiger partial charge in [0, 0.05) is 6.07 Å². The maximum Gasteiger partial charge on any atom is 0.296 e. The van der Waals surface area contributed by atoms with E-state index in [1.54, 1.807) is 0 Å². The molecule has 0 aromatic heterocycles. The van der Waals surface area contributed by atoms with Crippen molar-refractivity contribution in [1.82, 2.24) is 0 Å². The van der Waals surface area contributed by atoms with E-state index in [0.29, 0.717) is 5.75 Å². The van der Waals surface area contributed by atoms with Crippen molar-refractivity contribution in [2.75, 3.05) is 5.73 Å². The molecule has 0 saturated carbocycles. The quantitative estimate of drug-likeness (QED) is 0.604. The maximum atomic E-state index is 10.8. The minimum atomic E-state index is -4.26. The Kier molecular flexibility index (Phi) is 3.21. The molecule has 84 valence electrons. The van der Waals surface area contributed by atoms with Crippen molar-refractivity contribution < 1.29 is 17.7 Å². The highest BCUT2D eigenvalue weighted by Gasteiger charge is 2.14. The first-order chi connectivity index (χ1) is 6.80. The highest BCUT2D eigenvalue weighted by molar-refractivity contribution is 7.86. The van der Waals surface area contributed by atoms with Crippen LogP contribution in [0.5, 0.6) is 5.75 Å². The van der Waals surface area contributed by atoms with Gasteiger partial charge in [-0.3, -0.25) is 4.55 Å². The average molecular weight is 231 g/mol. The predicted octanol–water partition coefficient (Wildman–Crippen LogP) is 1.30. The van der Waals surface area contributed by atoms with Gasteiger partial charge in [-0.1, -0.05) is 0 Å². The molecule has 0 saturated heterocycles. The summed E-state index contributed by atoms with van der Waals surface area (Å²) in [5.74, 6) is 0.468. The summed E-state index contributed by atoms with van der Waals surface area (Å²) in [7, 11) is -4.26. The zero-order chi connectivity index (χ0) is 11.6. The minimum Gasteiger partial charge on any atom is -0.491 e. The van der Waals surface area contributed by atoms with Crippen LogP contribution in [-0.4, -0.2) is 19.1 Å². The van der Waals surface area contributed by atoms with Gasteiger partial charge in [0.2, 0.25) is 0 Å². The molecular weight excluding hydrogens is 218 g/mol. The zero-order valence-electron chi connectivity index (χ0n) is 8.47. The highest BCUT2D eigenvalue weighted by Crippen LogP contribution is 2.24. The molecule has 0 aliphatic carbocycles. The lowest BCUT2D eigenvalue weighted by Gasteiger charge is -2.11. The third kappa shape index (κ3) is 3.10. The number of nitrogen functional groups attached to an aromatic ring is 1. The van der Waals surface area contributed by atoms with Crippen LogP contribution in [0.4, 0.5) is 5.69 Å². The Morgan fingerprint density at radius 2 is 2.00 bits per heavy atom. The number of nitrogens with two attached hydrogens (primary N) is 1. The molecule has 6 heteroatoms. The molecule has 0 aliphatic rings. The van der Waals surface area contributed by atoms with Crippen LogP contribution < -0.4 is 10.5 Å². The molecule has 5 nitrogen and oxygen atoms in total. The first-order valence-electron chi connectivity index (χ1n) is 4.34.